The van der Waals surface area contributed by atoms with Crippen molar-refractivity contribution >= 4 is 47.1 Å². The van der Waals surface area contributed by atoms with Gasteiger partial charge in [-0.15, -0.1) is 24.8 Å². The molecule has 6 nitrogen and oxygen atoms in total. The molecule has 9 heteroatoms. The zero-order valence-electron chi connectivity index (χ0n) is 18.6. The van der Waals surface area contributed by atoms with Crippen LogP contribution < -0.4 is 15.4 Å². The van der Waals surface area contributed by atoms with Crippen LogP contribution in [0, 0.1) is 5.92 Å². The monoisotopic (exact) mass is 503 g/mol. The van der Waals surface area contributed by atoms with Gasteiger partial charge in [0.25, 0.3) is 0 Å². The Morgan fingerprint density at radius 3 is 2.74 bits per heavy atom. The number of fused-ring (bicyclic) bond motifs is 2. The lowest BCUT2D eigenvalue weighted by Gasteiger charge is -2.34. The lowest BCUT2D eigenvalue weighted by molar-refractivity contribution is 0.251. The Balaban J connectivity index is 0.00000137. The van der Waals surface area contributed by atoms with Crippen molar-refractivity contribution in [3.8, 4) is 17.1 Å². The highest BCUT2D eigenvalue weighted by Gasteiger charge is 2.27. The molecule has 180 valence electrons. The van der Waals surface area contributed by atoms with E-state index in [9.17, 15) is 4.39 Å². The van der Waals surface area contributed by atoms with Crippen LogP contribution >= 0.6 is 24.8 Å². The molecule has 2 N–H and O–H groups in total. The molecule has 1 saturated carbocycles. The quantitative estimate of drug-likeness (QED) is 0.412. The van der Waals surface area contributed by atoms with Gasteiger partial charge in [-0.05, 0) is 43.4 Å². The number of imidazole rings is 1. The summed E-state index contributed by atoms with van der Waals surface area (Å²) >= 11 is 0. The number of nitrogens with zero attached hydrogens (tertiary/aromatic N) is 4. The number of halogens is 3. The lowest BCUT2D eigenvalue weighted by Crippen LogP contribution is -2.48. The molecule has 0 radical (unpaired) electrons. The number of aromatic nitrogens is 3. The van der Waals surface area contributed by atoms with Gasteiger partial charge in [-0.25, -0.2) is 14.4 Å². The molecule has 0 amide bonds. The van der Waals surface area contributed by atoms with E-state index in [0.29, 0.717) is 18.9 Å². The van der Waals surface area contributed by atoms with Gasteiger partial charge in [-0.3, -0.25) is 4.40 Å². The van der Waals surface area contributed by atoms with Crippen molar-refractivity contribution in [3.63, 3.8) is 0 Å². The highest BCUT2D eigenvalue weighted by atomic mass is 35.5. The normalized spacial score (nSPS) is 20.1. The Labute approximate surface area is 210 Å². The predicted molar refractivity (Wildman–Crippen MR) is 138 cm³/mol. The summed E-state index contributed by atoms with van der Waals surface area (Å²) in [5, 5.41) is 1.03. The van der Waals surface area contributed by atoms with Crippen LogP contribution in [0.5, 0.6) is 5.75 Å². The number of ether oxygens (including phenoxy) is 1. The van der Waals surface area contributed by atoms with Gasteiger partial charge in [0.15, 0.2) is 0 Å². The number of para-hydroxylation sites is 1. The number of pyridine rings is 2. The number of anilines is 1. The molecule has 4 aromatic rings. The molecule has 1 saturated heterocycles. The molecule has 0 spiro atoms. The van der Waals surface area contributed by atoms with Gasteiger partial charge < -0.3 is 15.4 Å². The molecule has 2 fully saturated rings. The molecule has 1 aromatic carbocycles. The fraction of sp³-hybridized carbons (Fsp3) is 0.360. The predicted octanol–water partition coefficient (Wildman–Crippen LogP) is 5.06. The molecule has 2 atom stereocenters. The van der Waals surface area contributed by atoms with Crippen LogP contribution in [0.15, 0.2) is 54.9 Å². The maximum absolute atomic E-state index is 14.3. The third kappa shape index (κ3) is 4.65. The third-order valence-electron chi connectivity index (χ3n) is 6.56. The average molecular weight is 504 g/mol. The van der Waals surface area contributed by atoms with Crippen LogP contribution in [0.2, 0.25) is 0 Å². The van der Waals surface area contributed by atoms with Crippen LogP contribution in [0.1, 0.15) is 19.3 Å². The van der Waals surface area contributed by atoms with E-state index in [4.69, 9.17) is 15.5 Å². The molecule has 2 aliphatic rings. The summed E-state index contributed by atoms with van der Waals surface area (Å²) in [6.45, 7) is 1.80. The van der Waals surface area contributed by atoms with Gasteiger partial charge in [0.2, 0.25) is 0 Å². The maximum Gasteiger partial charge on any atom is 0.140 e. The van der Waals surface area contributed by atoms with E-state index in [-0.39, 0.29) is 30.9 Å². The number of piperidine rings is 1. The number of hydrogen-bond donors (Lipinski definition) is 1. The minimum absolute atomic E-state index is 0. The van der Waals surface area contributed by atoms with Gasteiger partial charge in [0, 0.05) is 30.2 Å². The Bertz CT molecular complexity index is 1300. The van der Waals surface area contributed by atoms with Crippen LogP contribution in [-0.4, -0.2) is 46.3 Å². The van der Waals surface area contributed by atoms with Crippen LogP contribution in [0.4, 0.5) is 10.1 Å². The molecule has 1 aliphatic heterocycles. The number of rotatable bonds is 5. The van der Waals surface area contributed by atoms with Gasteiger partial charge in [0.1, 0.15) is 17.6 Å². The molecule has 4 heterocycles. The first-order valence-electron chi connectivity index (χ1n) is 11.3. The molecule has 6 rings (SSSR count). The van der Waals surface area contributed by atoms with E-state index in [1.807, 2.05) is 53.2 Å². The van der Waals surface area contributed by atoms with Gasteiger partial charge >= 0.3 is 0 Å². The molecule has 0 bridgehead atoms. The fourth-order valence-electron chi connectivity index (χ4n) is 4.41. The largest absolute Gasteiger partial charge is 0.493 e. The summed E-state index contributed by atoms with van der Waals surface area (Å²) in [7, 11) is 0. The van der Waals surface area contributed by atoms with Crippen molar-refractivity contribution in [2.75, 3.05) is 24.6 Å². The molecule has 34 heavy (non-hydrogen) atoms. The lowest BCUT2D eigenvalue weighted by atomic mass is 10.0. The van der Waals surface area contributed by atoms with Crippen molar-refractivity contribution in [2.24, 2.45) is 11.7 Å². The van der Waals surface area contributed by atoms with E-state index in [0.717, 1.165) is 52.5 Å². The van der Waals surface area contributed by atoms with Crippen molar-refractivity contribution in [1.29, 1.82) is 0 Å². The van der Waals surface area contributed by atoms with Gasteiger partial charge in [-0.2, -0.15) is 0 Å². The second-order valence-electron chi connectivity index (χ2n) is 8.95. The Kier molecular flexibility index (Phi) is 7.17. The molecule has 3 aromatic heterocycles. The number of benzene rings is 1. The van der Waals surface area contributed by atoms with Gasteiger partial charge in [0.05, 0.1) is 41.9 Å². The SMILES string of the molecule is Cl.Cl.NC1CCN(c2cccc3ccc(-c4cnc5cc(OCC6CC6)ccn45)nc23)CC1F. The third-order valence-corrected chi connectivity index (χ3v) is 6.56. The first-order chi connectivity index (χ1) is 15.7. The molecule has 2 unspecified atom stereocenters. The second kappa shape index (κ2) is 9.94. The highest BCUT2D eigenvalue weighted by Crippen LogP contribution is 2.32. The Hall–Kier alpha value is -2.61. The number of hydrogen-bond acceptors (Lipinski definition) is 5. The van der Waals surface area contributed by atoms with Crippen molar-refractivity contribution in [3.05, 3.63) is 54.9 Å². The van der Waals surface area contributed by atoms with E-state index in [1.165, 1.54) is 12.8 Å². The van der Waals surface area contributed by atoms with E-state index < -0.39 is 6.17 Å². The van der Waals surface area contributed by atoms with Crippen molar-refractivity contribution in [1.82, 2.24) is 14.4 Å². The minimum Gasteiger partial charge on any atom is -0.493 e. The summed E-state index contributed by atoms with van der Waals surface area (Å²) in [6.07, 6.45) is 5.96. The Morgan fingerprint density at radius 2 is 1.94 bits per heavy atom. The van der Waals surface area contributed by atoms with E-state index in [1.54, 1.807) is 0 Å². The van der Waals surface area contributed by atoms with Crippen molar-refractivity contribution in [2.45, 2.75) is 31.5 Å². The molecule has 1 aliphatic carbocycles. The highest BCUT2D eigenvalue weighted by molar-refractivity contribution is 5.92. The van der Waals surface area contributed by atoms with Crippen molar-refractivity contribution < 1.29 is 9.13 Å². The van der Waals surface area contributed by atoms with E-state index in [2.05, 4.69) is 16.0 Å². The molecular weight excluding hydrogens is 476 g/mol. The summed E-state index contributed by atoms with van der Waals surface area (Å²) in [4.78, 5) is 11.6. The summed E-state index contributed by atoms with van der Waals surface area (Å²) in [5.41, 5.74) is 10.3. The first kappa shape index (κ1) is 24.5. The standard InChI is InChI=1S/C25H26FN5O.2ClH/c26-19-14-30(10-9-20(19)27)22-3-1-2-17-6-7-21(29-25(17)22)23-13-28-24-12-18(8-11-31(23)24)32-15-16-4-5-16;;/h1-3,6-8,11-13,16,19-20H,4-5,9-10,14-15,27H2;2*1H. The number of alkyl halides is 1. The maximum atomic E-state index is 14.3. The zero-order valence-corrected chi connectivity index (χ0v) is 20.3. The fourth-order valence-corrected chi connectivity index (χ4v) is 4.41. The van der Waals surface area contributed by atoms with Crippen LogP contribution in [0.3, 0.4) is 0 Å². The van der Waals surface area contributed by atoms with Gasteiger partial charge in [-0.1, -0.05) is 18.2 Å². The summed E-state index contributed by atoms with van der Waals surface area (Å²) in [5.74, 6) is 1.56. The Morgan fingerprint density at radius 1 is 1.09 bits per heavy atom. The average Bonchev–Trinajstić information content (AvgIpc) is 3.56. The second-order valence-corrected chi connectivity index (χ2v) is 8.95. The topological polar surface area (TPSA) is 68.7 Å². The first-order valence-corrected chi connectivity index (χ1v) is 11.3. The minimum atomic E-state index is -1.03. The molecular formula is C25H28Cl2FN5O. The summed E-state index contributed by atoms with van der Waals surface area (Å²) < 4.78 is 22.2. The summed E-state index contributed by atoms with van der Waals surface area (Å²) in [6, 6.07) is 13.7. The number of nitrogens with two attached hydrogens (primary N) is 1. The smallest absolute Gasteiger partial charge is 0.140 e. The van der Waals surface area contributed by atoms with E-state index >= 15 is 0 Å². The van der Waals surface area contributed by atoms with Crippen LogP contribution in [-0.2, 0) is 0 Å². The van der Waals surface area contributed by atoms with Crippen LogP contribution in [0.25, 0.3) is 27.9 Å². The zero-order chi connectivity index (χ0) is 21.7.